The number of carbonyl (C=O) groups excluding carboxylic acids is 1. The van der Waals surface area contributed by atoms with Crippen LogP contribution >= 0.6 is 0 Å². The number of para-hydroxylation sites is 1. The van der Waals surface area contributed by atoms with Crippen molar-refractivity contribution in [2.24, 2.45) is 0 Å². The summed E-state index contributed by atoms with van der Waals surface area (Å²) in [5.41, 5.74) is 4.34. The van der Waals surface area contributed by atoms with E-state index in [0.717, 1.165) is 22.3 Å². The van der Waals surface area contributed by atoms with Gasteiger partial charge in [0.1, 0.15) is 0 Å². The van der Waals surface area contributed by atoms with Gasteiger partial charge in [-0.2, -0.15) is 0 Å². The van der Waals surface area contributed by atoms with Gasteiger partial charge in [-0.15, -0.1) is 0 Å². The van der Waals surface area contributed by atoms with Crippen LogP contribution in [0, 0.1) is 0 Å². The monoisotopic (exact) mass is 308 g/mol. The number of rotatable bonds is 2. The molecule has 3 rings (SSSR count). The van der Waals surface area contributed by atoms with Gasteiger partial charge in [-0.25, -0.2) is 9.78 Å². The molecule has 118 valence electrons. The van der Waals surface area contributed by atoms with Gasteiger partial charge in [0, 0.05) is 11.4 Å². The van der Waals surface area contributed by atoms with Crippen molar-refractivity contribution in [3.63, 3.8) is 0 Å². The average molecular weight is 308 g/mol. The smallest absolute Gasteiger partial charge is 0.323 e. The van der Waals surface area contributed by atoms with Gasteiger partial charge in [0.15, 0.2) is 0 Å². The SMILES string of the molecule is CC(C)(C)c1ccccc1NC(=O)Nc1ccc2nc[nH]c2c1. The van der Waals surface area contributed by atoms with E-state index in [-0.39, 0.29) is 11.4 Å². The molecule has 3 aromatic rings. The molecule has 5 nitrogen and oxygen atoms in total. The van der Waals surface area contributed by atoms with Crippen LogP contribution in [0.25, 0.3) is 11.0 Å². The van der Waals surface area contributed by atoms with Crippen LogP contribution in [-0.4, -0.2) is 16.0 Å². The fraction of sp³-hybridized carbons (Fsp3) is 0.222. The molecule has 0 fully saturated rings. The summed E-state index contributed by atoms with van der Waals surface area (Å²) < 4.78 is 0. The molecule has 1 aromatic heterocycles. The maximum absolute atomic E-state index is 12.3. The molecular formula is C18H20N4O. The first-order valence-corrected chi connectivity index (χ1v) is 7.54. The van der Waals surface area contributed by atoms with Crippen molar-refractivity contribution in [3.05, 3.63) is 54.4 Å². The molecule has 3 N–H and O–H groups in total. The highest BCUT2D eigenvalue weighted by molar-refractivity contribution is 6.01. The van der Waals surface area contributed by atoms with Crippen molar-refractivity contribution in [1.29, 1.82) is 0 Å². The molecular weight excluding hydrogens is 288 g/mol. The lowest BCUT2D eigenvalue weighted by molar-refractivity contribution is 0.262. The molecule has 23 heavy (non-hydrogen) atoms. The van der Waals surface area contributed by atoms with Crippen molar-refractivity contribution in [2.75, 3.05) is 10.6 Å². The Hall–Kier alpha value is -2.82. The van der Waals surface area contributed by atoms with Crippen LogP contribution in [0.4, 0.5) is 16.2 Å². The van der Waals surface area contributed by atoms with Crippen LogP contribution < -0.4 is 10.6 Å². The maximum atomic E-state index is 12.3. The Bertz CT molecular complexity index is 845. The van der Waals surface area contributed by atoms with E-state index in [1.807, 2.05) is 42.5 Å². The number of carbonyl (C=O) groups is 1. The largest absolute Gasteiger partial charge is 0.345 e. The number of nitrogens with zero attached hydrogens (tertiary/aromatic N) is 1. The number of aromatic amines is 1. The Labute approximate surface area is 135 Å². The summed E-state index contributed by atoms with van der Waals surface area (Å²) in [5, 5.41) is 5.78. The lowest BCUT2D eigenvalue weighted by Crippen LogP contribution is -2.22. The topological polar surface area (TPSA) is 69.8 Å². The second-order valence-electron chi connectivity index (χ2n) is 6.51. The molecule has 0 aliphatic rings. The fourth-order valence-corrected chi connectivity index (χ4v) is 2.54. The van der Waals surface area contributed by atoms with Gasteiger partial charge in [0.2, 0.25) is 0 Å². The summed E-state index contributed by atoms with van der Waals surface area (Å²) in [4.78, 5) is 19.5. The number of aromatic nitrogens is 2. The molecule has 0 radical (unpaired) electrons. The molecule has 2 aromatic carbocycles. The van der Waals surface area contributed by atoms with Crippen molar-refractivity contribution in [1.82, 2.24) is 9.97 Å². The Kier molecular flexibility index (Phi) is 3.78. The number of anilines is 2. The minimum Gasteiger partial charge on any atom is -0.345 e. The van der Waals surface area contributed by atoms with E-state index in [0.29, 0.717) is 5.69 Å². The summed E-state index contributed by atoms with van der Waals surface area (Å²) >= 11 is 0. The first-order valence-electron chi connectivity index (χ1n) is 7.54. The second kappa shape index (κ2) is 5.76. The number of nitrogens with one attached hydrogen (secondary N) is 3. The fourth-order valence-electron chi connectivity index (χ4n) is 2.54. The number of hydrogen-bond donors (Lipinski definition) is 3. The maximum Gasteiger partial charge on any atom is 0.323 e. The Morgan fingerprint density at radius 1 is 1.09 bits per heavy atom. The third-order valence-electron chi connectivity index (χ3n) is 3.66. The third-order valence-corrected chi connectivity index (χ3v) is 3.66. The Morgan fingerprint density at radius 3 is 2.65 bits per heavy atom. The summed E-state index contributed by atoms with van der Waals surface area (Å²) in [6.07, 6.45) is 1.63. The van der Waals surface area contributed by atoms with E-state index < -0.39 is 0 Å². The average Bonchev–Trinajstić information content (AvgIpc) is 2.94. The number of urea groups is 1. The normalized spacial score (nSPS) is 11.4. The van der Waals surface area contributed by atoms with Gasteiger partial charge in [-0.1, -0.05) is 39.0 Å². The van der Waals surface area contributed by atoms with Crippen LogP contribution in [0.5, 0.6) is 0 Å². The molecule has 0 aliphatic carbocycles. The van der Waals surface area contributed by atoms with E-state index in [9.17, 15) is 4.79 Å². The summed E-state index contributed by atoms with van der Waals surface area (Å²) in [6.45, 7) is 6.37. The highest BCUT2D eigenvalue weighted by Gasteiger charge is 2.18. The first kappa shape index (κ1) is 15.1. The van der Waals surface area contributed by atoms with Gasteiger partial charge in [0.25, 0.3) is 0 Å². The van der Waals surface area contributed by atoms with Crippen LogP contribution in [0.2, 0.25) is 0 Å². The number of imidazole rings is 1. The quantitative estimate of drug-likeness (QED) is 0.652. The molecule has 2 amide bonds. The predicted molar refractivity (Wildman–Crippen MR) is 93.9 cm³/mol. The molecule has 0 unspecified atom stereocenters. The minimum atomic E-state index is -0.263. The molecule has 5 heteroatoms. The second-order valence-corrected chi connectivity index (χ2v) is 6.51. The number of benzene rings is 2. The summed E-state index contributed by atoms with van der Waals surface area (Å²) in [5.74, 6) is 0. The molecule has 0 aliphatic heterocycles. The molecule has 0 saturated carbocycles. The number of hydrogen-bond acceptors (Lipinski definition) is 2. The van der Waals surface area contributed by atoms with Crippen LogP contribution in [0.3, 0.4) is 0 Å². The highest BCUT2D eigenvalue weighted by Crippen LogP contribution is 2.29. The van der Waals surface area contributed by atoms with E-state index in [1.165, 1.54) is 0 Å². The highest BCUT2D eigenvalue weighted by atomic mass is 16.2. The van der Waals surface area contributed by atoms with Gasteiger partial charge in [0.05, 0.1) is 17.4 Å². The van der Waals surface area contributed by atoms with Gasteiger partial charge < -0.3 is 15.6 Å². The van der Waals surface area contributed by atoms with E-state index >= 15 is 0 Å². The first-order chi connectivity index (χ1) is 10.9. The minimum absolute atomic E-state index is 0.0430. The zero-order valence-corrected chi connectivity index (χ0v) is 13.5. The van der Waals surface area contributed by atoms with Crippen molar-refractivity contribution < 1.29 is 4.79 Å². The predicted octanol–water partition coefficient (Wildman–Crippen LogP) is 4.50. The number of H-pyrrole nitrogens is 1. The standard InChI is InChI=1S/C18H20N4O/c1-18(2,3)13-6-4-5-7-14(13)22-17(23)21-12-8-9-15-16(10-12)20-11-19-15/h4-11H,1-3H3,(H,19,20)(H2,21,22,23). The summed E-state index contributed by atoms with van der Waals surface area (Å²) in [6, 6.07) is 13.1. The van der Waals surface area contributed by atoms with E-state index in [2.05, 4.69) is 41.4 Å². The zero-order chi connectivity index (χ0) is 16.4. The Balaban J connectivity index is 1.77. The molecule has 0 spiro atoms. The van der Waals surface area contributed by atoms with Gasteiger partial charge >= 0.3 is 6.03 Å². The number of fused-ring (bicyclic) bond motifs is 1. The lowest BCUT2D eigenvalue weighted by Gasteiger charge is -2.23. The molecule has 0 saturated heterocycles. The van der Waals surface area contributed by atoms with Gasteiger partial charge in [-0.05, 0) is 35.2 Å². The lowest BCUT2D eigenvalue weighted by atomic mass is 9.86. The van der Waals surface area contributed by atoms with E-state index in [1.54, 1.807) is 6.33 Å². The van der Waals surface area contributed by atoms with Crippen molar-refractivity contribution >= 4 is 28.4 Å². The van der Waals surface area contributed by atoms with Crippen LogP contribution in [0.15, 0.2) is 48.8 Å². The zero-order valence-electron chi connectivity index (χ0n) is 13.5. The molecule has 0 bridgehead atoms. The third kappa shape index (κ3) is 3.34. The summed E-state index contributed by atoms with van der Waals surface area (Å²) in [7, 11) is 0. The van der Waals surface area contributed by atoms with Crippen molar-refractivity contribution in [3.8, 4) is 0 Å². The molecule has 0 atom stereocenters. The Morgan fingerprint density at radius 2 is 1.87 bits per heavy atom. The van der Waals surface area contributed by atoms with Crippen LogP contribution in [0.1, 0.15) is 26.3 Å². The van der Waals surface area contributed by atoms with Crippen molar-refractivity contribution in [2.45, 2.75) is 26.2 Å². The molecule has 1 heterocycles. The van der Waals surface area contributed by atoms with Gasteiger partial charge in [-0.3, -0.25) is 0 Å². The van der Waals surface area contributed by atoms with E-state index in [4.69, 9.17) is 0 Å². The number of amides is 2. The van der Waals surface area contributed by atoms with Crippen LogP contribution in [-0.2, 0) is 5.41 Å².